The summed E-state index contributed by atoms with van der Waals surface area (Å²) in [6.45, 7) is 1.34. The Labute approximate surface area is 120 Å². The van der Waals surface area contributed by atoms with E-state index in [4.69, 9.17) is 9.84 Å². The minimum atomic E-state index is -1.89. The monoisotopic (exact) mass is 294 g/mol. The maximum absolute atomic E-state index is 11.7. The van der Waals surface area contributed by atoms with E-state index in [2.05, 4.69) is 4.74 Å². The number of rotatable bonds is 4. The number of aryl methyl sites for hydroxylation is 1. The lowest BCUT2D eigenvalue weighted by molar-refractivity contribution is -0.151. The molecule has 0 amide bonds. The first-order valence-electron chi connectivity index (χ1n) is 6.24. The van der Waals surface area contributed by atoms with Crippen molar-refractivity contribution in [1.29, 1.82) is 0 Å². The minimum Gasteiger partial charge on any atom is -0.459 e. The molecule has 7 nitrogen and oxygen atoms in total. The molecule has 2 N–H and O–H groups in total. The van der Waals surface area contributed by atoms with Gasteiger partial charge in [0.2, 0.25) is 11.9 Å². The fraction of sp³-hybridized carbons (Fsp3) is 0.357. The number of carbonyl (C=O) groups is 3. The van der Waals surface area contributed by atoms with Crippen LogP contribution in [0.25, 0.3) is 0 Å². The number of esters is 2. The van der Waals surface area contributed by atoms with Crippen molar-refractivity contribution in [2.45, 2.75) is 25.2 Å². The molecule has 3 unspecified atom stereocenters. The predicted molar refractivity (Wildman–Crippen MR) is 68.4 cm³/mol. The number of benzene rings is 1. The van der Waals surface area contributed by atoms with Crippen molar-refractivity contribution in [3.8, 4) is 0 Å². The minimum absolute atomic E-state index is 0.294. The quantitative estimate of drug-likeness (QED) is 0.562. The Bertz CT molecular complexity index is 563. The van der Waals surface area contributed by atoms with Crippen molar-refractivity contribution in [3.05, 3.63) is 35.4 Å². The van der Waals surface area contributed by atoms with Gasteiger partial charge in [0, 0.05) is 0 Å². The average Bonchev–Trinajstić information content (AvgIpc) is 2.73. The summed E-state index contributed by atoms with van der Waals surface area (Å²) >= 11 is 0. The largest absolute Gasteiger partial charge is 0.459 e. The summed E-state index contributed by atoms with van der Waals surface area (Å²) in [4.78, 5) is 34.1. The molecule has 1 heterocycles. The molecule has 1 aliphatic rings. The topological polar surface area (TPSA) is 110 Å². The molecule has 1 fully saturated rings. The summed E-state index contributed by atoms with van der Waals surface area (Å²) in [6.07, 6.45) is -4.93. The van der Waals surface area contributed by atoms with Gasteiger partial charge in [-0.15, -0.1) is 0 Å². The van der Waals surface area contributed by atoms with Gasteiger partial charge in [-0.3, -0.25) is 4.79 Å². The number of hydrogen-bond acceptors (Lipinski definition) is 7. The van der Waals surface area contributed by atoms with Gasteiger partial charge in [-0.2, -0.15) is 0 Å². The van der Waals surface area contributed by atoms with E-state index >= 15 is 0 Å². The maximum Gasteiger partial charge on any atom is 0.343 e. The SMILES string of the molecule is Cc1ccc(C(=O)OCC(O)C2OC(=O)C(O)C2=O)cc1. The first-order valence-corrected chi connectivity index (χ1v) is 6.24. The van der Waals surface area contributed by atoms with Crippen LogP contribution in [0.1, 0.15) is 15.9 Å². The van der Waals surface area contributed by atoms with E-state index in [-0.39, 0.29) is 0 Å². The van der Waals surface area contributed by atoms with E-state index in [0.29, 0.717) is 5.56 Å². The highest BCUT2D eigenvalue weighted by Crippen LogP contribution is 2.15. The number of cyclic esters (lactones) is 1. The van der Waals surface area contributed by atoms with Crippen molar-refractivity contribution in [1.82, 2.24) is 0 Å². The highest BCUT2D eigenvalue weighted by molar-refractivity contribution is 6.09. The molecule has 0 saturated carbocycles. The highest BCUT2D eigenvalue weighted by Gasteiger charge is 2.46. The van der Waals surface area contributed by atoms with Gasteiger partial charge in [0.05, 0.1) is 5.56 Å². The zero-order valence-corrected chi connectivity index (χ0v) is 11.2. The Morgan fingerprint density at radius 3 is 2.48 bits per heavy atom. The third-order valence-corrected chi connectivity index (χ3v) is 3.04. The lowest BCUT2D eigenvalue weighted by atomic mass is 10.1. The van der Waals surface area contributed by atoms with Crippen LogP contribution in [0.3, 0.4) is 0 Å². The van der Waals surface area contributed by atoms with Crippen molar-refractivity contribution in [2.75, 3.05) is 6.61 Å². The summed E-state index contributed by atoms with van der Waals surface area (Å²) in [5, 5.41) is 18.8. The summed E-state index contributed by atoms with van der Waals surface area (Å²) in [5.74, 6) is -2.74. The maximum atomic E-state index is 11.7. The molecular weight excluding hydrogens is 280 g/mol. The average molecular weight is 294 g/mol. The first kappa shape index (κ1) is 15.1. The van der Waals surface area contributed by atoms with Crippen molar-refractivity contribution >= 4 is 17.7 Å². The molecule has 1 aromatic carbocycles. The zero-order valence-electron chi connectivity index (χ0n) is 11.2. The fourth-order valence-electron chi connectivity index (χ4n) is 1.81. The van der Waals surface area contributed by atoms with Gasteiger partial charge in [0.1, 0.15) is 12.7 Å². The number of aliphatic hydroxyl groups is 2. The molecule has 7 heteroatoms. The highest BCUT2D eigenvalue weighted by atomic mass is 16.6. The van der Waals surface area contributed by atoms with Gasteiger partial charge >= 0.3 is 11.9 Å². The predicted octanol–water partition coefficient (Wildman–Crippen LogP) is -0.632. The molecule has 0 radical (unpaired) electrons. The molecule has 3 atom stereocenters. The Balaban J connectivity index is 1.91. The van der Waals surface area contributed by atoms with E-state index < -0.39 is 42.6 Å². The van der Waals surface area contributed by atoms with Crippen molar-refractivity contribution in [2.24, 2.45) is 0 Å². The lowest BCUT2D eigenvalue weighted by Gasteiger charge is -2.15. The van der Waals surface area contributed by atoms with Gasteiger partial charge in [0.15, 0.2) is 6.10 Å². The van der Waals surface area contributed by atoms with E-state index in [0.717, 1.165) is 5.56 Å². The van der Waals surface area contributed by atoms with E-state index in [9.17, 15) is 19.5 Å². The van der Waals surface area contributed by atoms with E-state index in [1.54, 1.807) is 24.3 Å². The second-order valence-corrected chi connectivity index (χ2v) is 4.69. The molecule has 0 aliphatic carbocycles. The Kier molecular flexibility index (Phi) is 4.35. The van der Waals surface area contributed by atoms with Crippen LogP contribution in [0.15, 0.2) is 24.3 Å². The second kappa shape index (κ2) is 6.02. The van der Waals surface area contributed by atoms with Gasteiger partial charge < -0.3 is 19.7 Å². The molecule has 1 aliphatic heterocycles. The number of ether oxygens (including phenoxy) is 2. The summed E-state index contributed by atoms with van der Waals surface area (Å²) in [6, 6.07) is 6.58. The number of ketones is 1. The second-order valence-electron chi connectivity index (χ2n) is 4.69. The summed E-state index contributed by atoms with van der Waals surface area (Å²) in [7, 11) is 0. The fourth-order valence-corrected chi connectivity index (χ4v) is 1.81. The third kappa shape index (κ3) is 3.26. The molecule has 0 bridgehead atoms. The standard InChI is InChI=1S/C14H14O7/c1-7-2-4-8(5-3-7)13(18)20-6-9(15)12-10(16)11(17)14(19)21-12/h2-5,9,11-12,15,17H,6H2,1H3. The Hall–Kier alpha value is -2.25. The van der Waals surface area contributed by atoms with Crippen LogP contribution in [0.5, 0.6) is 0 Å². The Morgan fingerprint density at radius 1 is 1.33 bits per heavy atom. The smallest absolute Gasteiger partial charge is 0.343 e. The molecule has 1 saturated heterocycles. The zero-order chi connectivity index (χ0) is 15.6. The number of Topliss-reactive ketones (excluding diaryl/α,β-unsaturated/α-hetero) is 1. The van der Waals surface area contributed by atoms with Crippen molar-refractivity contribution in [3.63, 3.8) is 0 Å². The molecule has 112 valence electrons. The van der Waals surface area contributed by atoms with Crippen LogP contribution in [-0.4, -0.2) is 52.9 Å². The van der Waals surface area contributed by atoms with Gasteiger partial charge in [-0.25, -0.2) is 9.59 Å². The van der Waals surface area contributed by atoms with E-state index in [1.807, 2.05) is 6.92 Å². The Morgan fingerprint density at radius 2 is 1.95 bits per heavy atom. The van der Waals surface area contributed by atoms with Gasteiger partial charge in [-0.05, 0) is 19.1 Å². The summed E-state index contributed by atoms with van der Waals surface area (Å²) < 4.78 is 9.37. The molecule has 21 heavy (non-hydrogen) atoms. The van der Waals surface area contributed by atoms with Crippen LogP contribution < -0.4 is 0 Å². The third-order valence-electron chi connectivity index (χ3n) is 3.04. The number of carbonyl (C=O) groups excluding carboxylic acids is 3. The molecular formula is C14H14O7. The number of hydrogen-bond donors (Lipinski definition) is 2. The molecule has 0 aromatic heterocycles. The van der Waals surface area contributed by atoms with Crippen LogP contribution >= 0.6 is 0 Å². The van der Waals surface area contributed by atoms with E-state index in [1.165, 1.54) is 0 Å². The number of aliphatic hydroxyl groups excluding tert-OH is 2. The normalized spacial score (nSPS) is 22.8. The van der Waals surface area contributed by atoms with Crippen LogP contribution in [0.2, 0.25) is 0 Å². The van der Waals surface area contributed by atoms with Gasteiger partial charge in [-0.1, -0.05) is 17.7 Å². The lowest BCUT2D eigenvalue weighted by Crippen LogP contribution is -2.38. The molecule has 2 rings (SSSR count). The molecule has 0 spiro atoms. The van der Waals surface area contributed by atoms with Crippen LogP contribution in [0.4, 0.5) is 0 Å². The first-order chi connectivity index (χ1) is 9.90. The molecule has 1 aromatic rings. The van der Waals surface area contributed by atoms with Crippen LogP contribution in [0, 0.1) is 6.92 Å². The van der Waals surface area contributed by atoms with Crippen molar-refractivity contribution < 1.29 is 34.1 Å². The summed E-state index contributed by atoms with van der Waals surface area (Å²) in [5.41, 5.74) is 1.27. The van der Waals surface area contributed by atoms with Crippen LogP contribution in [-0.2, 0) is 19.1 Å². The van der Waals surface area contributed by atoms with Gasteiger partial charge in [0.25, 0.3) is 0 Å².